The minimum Gasteiger partial charge on any atom is -0.301 e. The lowest BCUT2D eigenvalue weighted by Gasteiger charge is -2.24. The lowest BCUT2D eigenvalue weighted by molar-refractivity contribution is -0.117. The Morgan fingerprint density at radius 3 is 3.05 bits per heavy atom. The van der Waals surface area contributed by atoms with E-state index in [2.05, 4.69) is 39.5 Å². The van der Waals surface area contributed by atoms with Crippen molar-refractivity contribution in [3.8, 4) is 0 Å². The lowest BCUT2D eigenvalue weighted by atomic mass is 10.1. The maximum atomic E-state index is 12.1. The van der Waals surface area contributed by atoms with E-state index in [-0.39, 0.29) is 5.91 Å². The predicted molar refractivity (Wildman–Crippen MR) is 85.6 cm³/mol. The molecule has 0 aliphatic heterocycles. The van der Waals surface area contributed by atoms with Crippen molar-refractivity contribution in [1.29, 1.82) is 0 Å². The highest BCUT2D eigenvalue weighted by Crippen LogP contribution is 2.34. The molecule has 0 spiro atoms. The maximum absolute atomic E-state index is 12.1. The van der Waals surface area contributed by atoms with Crippen molar-refractivity contribution in [2.75, 3.05) is 18.9 Å². The number of aromatic nitrogens is 1. The summed E-state index contributed by atoms with van der Waals surface area (Å²) in [6.45, 7) is 2.31. The number of fused-ring (bicyclic) bond motifs is 1. The molecule has 3 rings (SSSR count). The van der Waals surface area contributed by atoms with Crippen LogP contribution in [0.4, 0.5) is 5.13 Å². The quantitative estimate of drug-likeness (QED) is 0.944. The number of thiazole rings is 1. The van der Waals surface area contributed by atoms with Gasteiger partial charge in [-0.2, -0.15) is 0 Å². The molecular formula is C16H19N3OS. The van der Waals surface area contributed by atoms with Crippen LogP contribution >= 0.6 is 11.3 Å². The first kappa shape index (κ1) is 14.2. The zero-order valence-electron chi connectivity index (χ0n) is 12.3. The van der Waals surface area contributed by atoms with Gasteiger partial charge in [-0.3, -0.25) is 9.69 Å². The summed E-state index contributed by atoms with van der Waals surface area (Å²) < 4.78 is 0. The number of amides is 1. The van der Waals surface area contributed by atoms with Gasteiger partial charge in [0.2, 0.25) is 5.91 Å². The molecule has 110 valence electrons. The fourth-order valence-electron chi connectivity index (χ4n) is 2.90. The summed E-state index contributed by atoms with van der Waals surface area (Å²) in [5.74, 6) is -0.00349. The molecule has 1 N–H and O–H groups in total. The van der Waals surface area contributed by atoms with E-state index in [1.54, 1.807) is 0 Å². The predicted octanol–water partition coefficient (Wildman–Crippen LogP) is 3.01. The average Bonchev–Trinajstić information content (AvgIpc) is 3.04. The topological polar surface area (TPSA) is 45.2 Å². The number of hydrogen-bond donors (Lipinski definition) is 1. The summed E-state index contributed by atoms with van der Waals surface area (Å²) in [5, 5.41) is 5.48. The highest BCUT2D eigenvalue weighted by atomic mass is 32.1. The highest BCUT2D eigenvalue weighted by Gasteiger charge is 2.26. The number of carbonyl (C=O) groups excluding carboxylic acids is 1. The number of anilines is 1. The van der Waals surface area contributed by atoms with E-state index in [0.717, 1.165) is 18.5 Å². The van der Waals surface area contributed by atoms with Crippen LogP contribution in [0.25, 0.3) is 0 Å². The molecule has 1 amide bonds. The third-order valence-electron chi connectivity index (χ3n) is 3.89. The molecule has 5 heteroatoms. The first-order valence-electron chi connectivity index (χ1n) is 7.13. The van der Waals surface area contributed by atoms with Crippen LogP contribution in [0.2, 0.25) is 0 Å². The number of nitrogens with one attached hydrogen (secondary N) is 1. The molecule has 0 saturated carbocycles. The lowest BCUT2D eigenvalue weighted by Crippen LogP contribution is -2.32. The van der Waals surface area contributed by atoms with Crippen molar-refractivity contribution in [2.45, 2.75) is 25.8 Å². The van der Waals surface area contributed by atoms with Gasteiger partial charge in [0.15, 0.2) is 5.13 Å². The Hall–Kier alpha value is -1.72. The standard InChI is InChI=1S/C16H19N3OS/c1-11-10-21-16(17-11)18-15(20)9-19(2)14-8-7-12-5-3-4-6-13(12)14/h3-6,10,14H,7-9H2,1-2H3,(H,17,18,20)/t14-/m1/s1. The van der Waals surface area contributed by atoms with Gasteiger partial charge in [0.1, 0.15) is 0 Å². The van der Waals surface area contributed by atoms with E-state index >= 15 is 0 Å². The number of aryl methyl sites for hydroxylation is 2. The van der Waals surface area contributed by atoms with E-state index in [9.17, 15) is 4.79 Å². The van der Waals surface area contributed by atoms with Crippen LogP contribution < -0.4 is 5.32 Å². The normalized spacial score (nSPS) is 17.0. The largest absolute Gasteiger partial charge is 0.301 e. The Bertz CT molecular complexity index is 652. The van der Waals surface area contributed by atoms with Crippen LogP contribution in [0.3, 0.4) is 0 Å². The second-order valence-corrected chi connectivity index (χ2v) is 6.37. The molecule has 1 atom stereocenters. The Kier molecular flexibility index (Phi) is 4.03. The fourth-order valence-corrected chi connectivity index (χ4v) is 3.60. The Morgan fingerprint density at radius 2 is 2.29 bits per heavy atom. The van der Waals surface area contributed by atoms with Gasteiger partial charge in [0, 0.05) is 11.4 Å². The van der Waals surface area contributed by atoms with Crippen LogP contribution in [0.1, 0.15) is 29.3 Å². The van der Waals surface area contributed by atoms with Gasteiger partial charge in [-0.1, -0.05) is 24.3 Å². The third kappa shape index (κ3) is 3.14. The van der Waals surface area contributed by atoms with Crippen LogP contribution in [0, 0.1) is 6.92 Å². The van der Waals surface area contributed by atoms with Crippen LogP contribution in [0.15, 0.2) is 29.6 Å². The summed E-state index contributed by atoms with van der Waals surface area (Å²) >= 11 is 1.46. The Balaban J connectivity index is 1.62. The molecule has 4 nitrogen and oxygen atoms in total. The van der Waals surface area contributed by atoms with Crippen LogP contribution in [0.5, 0.6) is 0 Å². The molecule has 1 aromatic carbocycles. The third-order valence-corrected chi connectivity index (χ3v) is 4.77. The second kappa shape index (κ2) is 5.95. The van der Waals surface area contributed by atoms with E-state index in [1.165, 1.54) is 22.5 Å². The van der Waals surface area contributed by atoms with Crippen molar-refractivity contribution in [3.05, 3.63) is 46.5 Å². The summed E-state index contributed by atoms with van der Waals surface area (Å²) in [6.07, 6.45) is 2.18. The van der Waals surface area contributed by atoms with Crippen molar-refractivity contribution in [2.24, 2.45) is 0 Å². The van der Waals surface area contributed by atoms with Gasteiger partial charge in [0.05, 0.1) is 12.2 Å². The summed E-state index contributed by atoms with van der Waals surface area (Å²) in [4.78, 5) is 18.5. The number of rotatable bonds is 4. The molecule has 0 radical (unpaired) electrons. The fraction of sp³-hybridized carbons (Fsp3) is 0.375. The zero-order chi connectivity index (χ0) is 14.8. The number of nitrogens with zero attached hydrogens (tertiary/aromatic N) is 2. The van der Waals surface area contributed by atoms with Gasteiger partial charge < -0.3 is 5.32 Å². The van der Waals surface area contributed by atoms with E-state index < -0.39 is 0 Å². The number of likely N-dealkylation sites (N-methyl/N-ethyl adjacent to an activating group) is 1. The molecule has 1 aliphatic carbocycles. The van der Waals surface area contributed by atoms with Gasteiger partial charge in [0.25, 0.3) is 0 Å². The van der Waals surface area contributed by atoms with E-state index in [1.807, 2.05) is 19.4 Å². The molecule has 1 heterocycles. The minimum absolute atomic E-state index is 0.00349. The van der Waals surface area contributed by atoms with E-state index in [4.69, 9.17) is 0 Å². The Morgan fingerprint density at radius 1 is 1.48 bits per heavy atom. The maximum Gasteiger partial charge on any atom is 0.240 e. The van der Waals surface area contributed by atoms with Crippen LogP contribution in [-0.4, -0.2) is 29.4 Å². The summed E-state index contributed by atoms with van der Waals surface area (Å²) in [7, 11) is 2.01. The molecule has 2 aromatic rings. The first-order valence-corrected chi connectivity index (χ1v) is 8.01. The SMILES string of the molecule is Cc1csc(NC(=O)CN(C)[C@@H]2CCc3ccccc32)n1. The zero-order valence-corrected chi connectivity index (χ0v) is 13.1. The molecule has 1 aromatic heterocycles. The summed E-state index contributed by atoms with van der Waals surface area (Å²) in [5.41, 5.74) is 3.71. The average molecular weight is 301 g/mol. The van der Waals surface area contributed by atoms with Crippen molar-refractivity contribution in [1.82, 2.24) is 9.88 Å². The summed E-state index contributed by atoms with van der Waals surface area (Å²) in [6, 6.07) is 8.85. The van der Waals surface area contributed by atoms with Gasteiger partial charge in [-0.05, 0) is 37.9 Å². The molecule has 0 fully saturated rings. The molecule has 21 heavy (non-hydrogen) atoms. The smallest absolute Gasteiger partial charge is 0.240 e. The van der Waals surface area contributed by atoms with Crippen molar-refractivity contribution in [3.63, 3.8) is 0 Å². The molecule has 0 bridgehead atoms. The minimum atomic E-state index is -0.00349. The monoisotopic (exact) mass is 301 g/mol. The number of benzene rings is 1. The highest BCUT2D eigenvalue weighted by molar-refractivity contribution is 7.13. The van der Waals surface area contributed by atoms with Gasteiger partial charge in [-0.15, -0.1) is 11.3 Å². The van der Waals surface area contributed by atoms with Crippen LogP contribution in [-0.2, 0) is 11.2 Å². The number of carbonyl (C=O) groups is 1. The van der Waals surface area contributed by atoms with Gasteiger partial charge >= 0.3 is 0 Å². The molecule has 0 saturated heterocycles. The second-order valence-electron chi connectivity index (χ2n) is 5.51. The first-order chi connectivity index (χ1) is 10.1. The van der Waals surface area contributed by atoms with Crippen molar-refractivity contribution < 1.29 is 4.79 Å². The molecule has 0 unspecified atom stereocenters. The molecular weight excluding hydrogens is 282 g/mol. The number of hydrogen-bond acceptors (Lipinski definition) is 4. The molecule has 1 aliphatic rings. The van der Waals surface area contributed by atoms with Gasteiger partial charge in [-0.25, -0.2) is 4.98 Å². The Labute approximate surface area is 128 Å². The van der Waals surface area contributed by atoms with Crippen molar-refractivity contribution >= 4 is 22.4 Å². The van der Waals surface area contributed by atoms with E-state index in [0.29, 0.717) is 17.7 Å².